The summed E-state index contributed by atoms with van der Waals surface area (Å²) in [4.78, 5) is 11.7. The summed E-state index contributed by atoms with van der Waals surface area (Å²) < 4.78 is 5.31. The Balaban J connectivity index is 1.82. The van der Waals surface area contributed by atoms with Gasteiger partial charge in [-0.05, 0) is 49.2 Å². The van der Waals surface area contributed by atoms with Crippen LogP contribution >= 0.6 is 0 Å². The molecule has 0 heterocycles. The van der Waals surface area contributed by atoms with Gasteiger partial charge in [-0.25, -0.2) is 5.43 Å². The first-order valence-electron chi connectivity index (χ1n) is 7.10. The molecule has 0 aliphatic carbocycles. The van der Waals surface area contributed by atoms with E-state index < -0.39 is 0 Å². The first-order valence-corrected chi connectivity index (χ1v) is 7.10. The third-order valence-electron chi connectivity index (χ3n) is 3.17. The Morgan fingerprint density at radius 3 is 2.65 bits per heavy atom. The Bertz CT molecular complexity index is 759. The van der Waals surface area contributed by atoms with Crippen LogP contribution < -0.4 is 10.2 Å². The second-order valence-corrected chi connectivity index (χ2v) is 5.08. The number of benzene rings is 2. The molecule has 2 aromatic rings. The molecule has 0 aliphatic heterocycles. The Hall–Kier alpha value is -3.13. The number of hydrogen-bond donors (Lipinski definition) is 1. The van der Waals surface area contributed by atoms with Gasteiger partial charge in [0, 0.05) is 0 Å². The van der Waals surface area contributed by atoms with Crippen LogP contribution in [-0.2, 0) is 4.79 Å². The zero-order valence-electron chi connectivity index (χ0n) is 13.0. The van der Waals surface area contributed by atoms with Crippen molar-refractivity contribution in [1.82, 2.24) is 5.43 Å². The number of nitrogens with zero attached hydrogens (tertiary/aromatic N) is 2. The molecule has 116 valence electrons. The van der Waals surface area contributed by atoms with Crippen molar-refractivity contribution in [3.8, 4) is 11.8 Å². The van der Waals surface area contributed by atoms with E-state index in [4.69, 9.17) is 10.00 Å². The average Bonchev–Trinajstić information content (AvgIpc) is 2.55. The van der Waals surface area contributed by atoms with Crippen molar-refractivity contribution in [2.24, 2.45) is 5.10 Å². The first kappa shape index (κ1) is 16.2. The number of nitriles is 1. The summed E-state index contributed by atoms with van der Waals surface area (Å²) >= 11 is 0. The van der Waals surface area contributed by atoms with Crippen LogP contribution in [0, 0.1) is 25.2 Å². The second-order valence-electron chi connectivity index (χ2n) is 5.08. The molecule has 0 fully saturated rings. The number of amides is 1. The van der Waals surface area contributed by atoms with Gasteiger partial charge in [0.2, 0.25) is 0 Å². The molecule has 0 aliphatic rings. The number of hydrazone groups is 1. The lowest BCUT2D eigenvalue weighted by Crippen LogP contribution is -2.24. The summed E-state index contributed by atoms with van der Waals surface area (Å²) in [6.45, 7) is 3.87. The molecule has 1 amide bonds. The molecule has 5 heteroatoms. The highest BCUT2D eigenvalue weighted by Crippen LogP contribution is 2.11. The fourth-order valence-electron chi connectivity index (χ4n) is 1.95. The van der Waals surface area contributed by atoms with Gasteiger partial charge in [-0.2, -0.15) is 10.4 Å². The van der Waals surface area contributed by atoms with Crippen LogP contribution in [0.15, 0.2) is 47.6 Å². The maximum atomic E-state index is 11.7. The van der Waals surface area contributed by atoms with Crippen LogP contribution in [0.25, 0.3) is 0 Å². The van der Waals surface area contributed by atoms with Crippen LogP contribution in [0.2, 0.25) is 0 Å². The molecule has 23 heavy (non-hydrogen) atoms. The largest absolute Gasteiger partial charge is 0.484 e. The number of ether oxygens (including phenoxy) is 1. The van der Waals surface area contributed by atoms with E-state index >= 15 is 0 Å². The highest BCUT2D eigenvalue weighted by Gasteiger charge is 2.02. The SMILES string of the molecule is Cc1ccc(/C=N/NC(=O)COc2ccc(C#N)cc2)c(C)c1. The number of carbonyl (C=O) groups is 1. The van der Waals surface area contributed by atoms with Gasteiger partial charge in [0.1, 0.15) is 5.75 Å². The molecule has 0 spiro atoms. The summed E-state index contributed by atoms with van der Waals surface area (Å²) in [5, 5.41) is 12.6. The van der Waals surface area contributed by atoms with Crippen molar-refractivity contribution in [3.05, 3.63) is 64.7 Å². The quantitative estimate of drug-likeness (QED) is 0.681. The summed E-state index contributed by atoms with van der Waals surface area (Å²) in [6, 6.07) is 14.6. The molecular formula is C18H17N3O2. The number of hydrogen-bond acceptors (Lipinski definition) is 4. The maximum absolute atomic E-state index is 11.7. The van der Waals surface area contributed by atoms with Gasteiger partial charge in [0.15, 0.2) is 6.61 Å². The topological polar surface area (TPSA) is 74.5 Å². The molecule has 0 radical (unpaired) electrons. The minimum atomic E-state index is -0.352. The van der Waals surface area contributed by atoms with Gasteiger partial charge >= 0.3 is 0 Å². The standard InChI is InChI=1S/C18H17N3O2/c1-13-3-6-16(14(2)9-13)11-20-21-18(22)12-23-17-7-4-15(10-19)5-8-17/h3-9,11H,12H2,1-2H3,(H,21,22)/b20-11+. The Kier molecular flexibility index (Phi) is 5.48. The molecule has 2 aromatic carbocycles. The van der Waals surface area contributed by atoms with Crippen molar-refractivity contribution < 1.29 is 9.53 Å². The van der Waals surface area contributed by atoms with E-state index in [0.29, 0.717) is 11.3 Å². The van der Waals surface area contributed by atoms with E-state index in [1.165, 1.54) is 5.56 Å². The third-order valence-corrected chi connectivity index (χ3v) is 3.17. The van der Waals surface area contributed by atoms with Gasteiger partial charge in [0.25, 0.3) is 5.91 Å². The van der Waals surface area contributed by atoms with Crippen LogP contribution in [0.1, 0.15) is 22.3 Å². The number of aryl methyl sites for hydroxylation is 2. The molecule has 1 N–H and O–H groups in total. The first-order chi connectivity index (χ1) is 11.1. The van der Waals surface area contributed by atoms with Crippen LogP contribution in [0.4, 0.5) is 0 Å². The maximum Gasteiger partial charge on any atom is 0.277 e. The average molecular weight is 307 g/mol. The molecule has 0 aromatic heterocycles. The minimum absolute atomic E-state index is 0.143. The lowest BCUT2D eigenvalue weighted by atomic mass is 10.1. The molecule has 5 nitrogen and oxygen atoms in total. The van der Waals surface area contributed by atoms with Gasteiger partial charge in [-0.1, -0.05) is 23.8 Å². The van der Waals surface area contributed by atoms with E-state index in [1.54, 1.807) is 30.5 Å². The molecule has 0 unspecified atom stereocenters. The van der Waals surface area contributed by atoms with Crippen LogP contribution in [0.5, 0.6) is 5.75 Å². The Labute approximate surface area is 135 Å². The summed E-state index contributed by atoms with van der Waals surface area (Å²) in [5.41, 5.74) is 6.18. The van der Waals surface area contributed by atoms with E-state index in [0.717, 1.165) is 11.1 Å². The molecule has 0 saturated heterocycles. The van der Waals surface area contributed by atoms with Crippen molar-refractivity contribution in [3.63, 3.8) is 0 Å². The fraction of sp³-hybridized carbons (Fsp3) is 0.167. The monoisotopic (exact) mass is 307 g/mol. The Morgan fingerprint density at radius 2 is 2.00 bits per heavy atom. The minimum Gasteiger partial charge on any atom is -0.484 e. The van der Waals surface area contributed by atoms with Crippen molar-refractivity contribution in [2.75, 3.05) is 6.61 Å². The molecule has 0 bridgehead atoms. The molecule has 0 saturated carbocycles. The van der Waals surface area contributed by atoms with Gasteiger partial charge in [0.05, 0.1) is 17.8 Å². The van der Waals surface area contributed by atoms with Crippen LogP contribution in [0.3, 0.4) is 0 Å². The predicted molar refractivity (Wildman–Crippen MR) is 88.3 cm³/mol. The van der Waals surface area contributed by atoms with Gasteiger partial charge in [-0.3, -0.25) is 4.79 Å². The Morgan fingerprint density at radius 1 is 1.26 bits per heavy atom. The van der Waals surface area contributed by atoms with Crippen molar-refractivity contribution in [1.29, 1.82) is 5.26 Å². The highest BCUT2D eigenvalue weighted by atomic mass is 16.5. The summed E-state index contributed by atoms with van der Waals surface area (Å²) in [5.74, 6) is 0.174. The van der Waals surface area contributed by atoms with E-state index in [9.17, 15) is 4.79 Å². The highest BCUT2D eigenvalue weighted by molar-refractivity contribution is 5.84. The van der Waals surface area contributed by atoms with Gasteiger partial charge < -0.3 is 4.74 Å². The van der Waals surface area contributed by atoms with E-state index in [1.807, 2.05) is 32.0 Å². The lowest BCUT2D eigenvalue weighted by molar-refractivity contribution is -0.123. The van der Waals surface area contributed by atoms with E-state index in [2.05, 4.69) is 16.6 Å². The molecule has 2 rings (SSSR count). The smallest absolute Gasteiger partial charge is 0.277 e. The number of carbonyl (C=O) groups excluding carboxylic acids is 1. The summed E-state index contributed by atoms with van der Waals surface area (Å²) in [7, 11) is 0. The predicted octanol–water partition coefficient (Wildman–Crippen LogP) is 2.70. The molecule has 0 atom stereocenters. The lowest BCUT2D eigenvalue weighted by Gasteiger charge is -2.05. The zero-order valence-corrected chi connectivity index (χ0v) is 13.0. The van der Waals surface area contributed by atoms with Crippen LogP contribution in [-0.4, -0.2) is 18.7 Å². The fourth-order valence-corrected chi connectivity index (χ4v) is 1.95. The van der Waals surface area contributed by atoms with Crippen molar-refractivity contribution >= 4 is 12.1 Å². The zero-order chi connectivity index (χ0) is 16.7. The second kappa shape index (κ2) is 7.76. The number of rotatable bonds is 5. The van der Waals surface area contributed by atoms with Gasteiger partial charge in [-0.15, -0.1) is 0 Å². The normalized spacial score (nSPS) is 10.3. The third kappa shape index (κ3) is 4.97. The van der Waals surface area contributed by atoms with Crippen molar-refractivity contribution in [2.45, 2.75) is 13.8 Å². The number of nitrogens with one attached hydrogen (secondary N) is 1. The van der Waals surface area contributed by atoms with E-state index in [-0.39, 0.29) is 12.5 Å². The summed E-state index contributed by atoms with van der Waals surface area (Å²) in [6.07, 6.45) is 1.61. The molecular weight excluding hydrogens is 290 g/mol.